The molecule has 1 N–H and O–H groups in total. The van der Waals surface area contributed by atoms with Crippen LogP contribution in [0.25, 0.3) is 0 Å². The van der Waals surface area contributed by atoms with Crippen LogP contribution in [0.5, 0.6) is 0 Å². The molecule has 0 aliphatic carbocycles. The lowest BCUT2D eigenvalue weighted by molar-refractivity contribution is 0.0546. The fourth-order valence-corrected chi connectivity index (χ4v) is 1.79. The van der Waals surface area contributed by atoms with E-state index in [-0.39, 0.29) is 6.04 Å². The van der Waals surface area contributed by atoms with Gasteiger partial charge in [0.25, 0.3) is 0 Å². The Hall–Kier alpha value is -0.590. The summed E-state index contributed by atoms with van der Waals surface area (Å²) in [6, 6.07) is 2.18. The third-order valence-corrected chi connectivity index (χ3v) is 2.88. The van der Waals surface area contributed by atoms with Gasteiger partial charge in [-0.25, -0.2) is 0 Å². The topological polar surface area (TPSA) is 45.0 Å². The molecular formula is C14H28N2O. The Balaban J connectivity index is 3.43. The van der Waals surface area contributed by atoms with E-state index in [2.05, 4.69) is 25.2 Å². The Labute approximate surface area is 107 Å². The summed E-state index contributed by atoms with van der Waals surface area (Å²) in [6.45, 7) is 7.88. The van der Waals surface area contributed by atoms with E-state index in [0.29, 0.717) is 12.7 Å². The van der Waals surface area contributed by atoms with Gasteiger partial charge >= 0.3 is 0 Å². The van der Waals surface area contributed by atoms with Crippen molar-refractivity contribution in [3.05, 3.63) is 0 Å². The van der Waals surface area contributed by atoms with Crippen LogP contribution in [0.3, 0.4) is 0 Å². The molecule has 17 heavy (non-hydrogen) atoms. The van der Waals surface area contributed by atoms with Crippen molar-refractivity contribution in [2.75, 3.05) is 13.2 Å². The van der Waals surface area contributed by atoms with E-state index in [4.69, 9.17) is 10.00 Å². The van der Waals surface area contributed by atoms with E-state index < -0.39 is 0 Å². The second-order valence-electron chi connectivity index (χ2n) is 4.56. The Morgan fingerprint density at radius 1 is 1.18 bits per heavy atom. The summed E-state index contributed by atoms with van der Waals surface area (Å²) in [4.78, 5) is 0. The highest BCUT2D eigenvalue weighted by Crippen LogP contribution is 2.08. The van der Waals surface area contributed by atoms with Crippen LogP contribution in [0.1, 0.15) is 59.3 Å². The second-order valence-corrected chi connectivity index (χ2v) is 4.56. The molecule has 2 atom stereocenters. The van der Waals surface area contributed by atoms with E-state index >= 15 is 0 Å². The van der Waals surface area contributed by atoms with Gasteiger partial charge in [0.15, 0.2) is 0 Å². The van der Waals surface area contributed by atoms with E-state index in [1.165, 1.54) is 25.7 Å². The molecule has 0 aliphatic heterocycles. The molecule has 0 saturated carbocycles. The molecule has 3 nitrogen and oxygen atoms in total. The lowest BCUT2D eigenvalue weighted by Gasteiger charge is -2.15. The molecule has 0 heterocycles. The number of nitrogens with zero attached hydrogens (tertiary/aromatic N) is 1. The average Bonchev–Trinajstić information content (AvgIpc) is 2.33. The van der Waals surface area contributed by atoms with Gasteiger partial charge in [-0.3, -0.25) is 0 Å². The van der Waals surface area contributed by atoms with Gasteiger partial charge in [-0.2, -0.15) is 5.26 Å². The van der Waals surface area contributed by atoms with Crippen molar-refractivity contribution in [3.63, 3.8) is 0 Å². The molecule has 0 radical (unpaired) electrons. The van der Waals surface area contributed by atoms with Crippen LogP contribution in [-0.2, 0) is 4.74 Å². The minimum absolute atomic E-state index is 0.0627. The summed E-state index contributed by atoms with van der Waals surface area (Å²) in [5.74, 6) is 0. The molecule has 0 aliphatic rings. The zero-order valence-corrected chi connectivity index (χ0v) is 11.7. The van der Waals surface area contributed by atoms with Gasteiger partial charge < -0.3 is 10.1 Å². The fraction of sp³-hybridized carbons (Fsp3) is 0.929. The van der Waals surface area contributed by atoms with Crippen molar-refractivity contribution in [3.8, 4) is 6.07 Å². The van der Waals surface area contributed by atoms with Crippen molar-refractivity contribution < 1.29 is 4.74 Å². The van der Waals surface area contributed by atoms with Gasteiger partial charge in [0, 0.05) is 6.61 Å². The minimum atomic E-state index is -0.0627. The van der Waals surface area contributed by atoms with Gasteiger partial charge in [0.05, 0.1) is 18.2 Å². The molecule has 0 aromatic rings. The van der Waals surface area contributed by atoms with Gasteiger partial charge in [-0.05, 0) is 26.3 Å². The standard InChI is InChI=1S/C14H28N2O/c1-4-6-7-8-9-13(3)17-11-10-14(12-15)16-5-2/h13-14,16H,4-11H2,1-3H3. The van der Waals surface area contributed by atoms with Crippen LogP contribution >= 0.6 is 0 Å². The Kier molecular flexibility index (Phi) is 11.5. The quantitative estimate of drug-likeness (QED) is 0.564. The normalized spacial score (nSPS) is 14.2. The molecule has 0 bridgehead atoms. The van der Waals surface area contributed by atoms with Crippen LogP contribution in [0.2, 0.25) is 0 Å². The third-order valence-electron chi connectivity index (χ3n) is 2.88. The van der Waals surface area contributed by atoms with Crippen LogP contribution in [0.15, 0.2) is 0 Å². The molecule has 0 aromatic heterocycles. The van der Waals surface area contributed by atoms with Crippen LogP contribution in [-0.4, -0.2) is 25.3 Å². The highest BCUT2D eigenvalue weighted by Gasteiger charge is 2.07. The SMILES string of the molecule is CCCCCCC(C)OCCC(C#N)NCC. The predicted molar refractivity (Wildman–Crippen MR) is 71.9 cm³/mol. The van der Waals surface area contributed by atoms with Crippen molar-refractivity contribution in [1.82, 2.24) is 5.32 Å². The summed E-state index contributed by atoms with van der Waals surface area (Å²) < 4.78 is 5.71. The van der Waals surface area contributed by atoms with Crippen LogP contribution in [0.4, 0.5) is 0 Å². The molecule has 0 spiro atoms. The number of nitriles is 1. The van der Waals surface area contributed by atoms with E-state index in [1.807, 2.05) is 6.92 Å². The molecule has 0 aromatic carbocycles. The maximum atomic E-state index is 8.85. The largest absolute Gasteiger partial charge is 0.378 e. The maximum Gasteiger partial charge on any atom is 0.0974 e. The number of hydrogen-bond donors (Lipinski definition) is 1. The molecule has 3 heteroatoms. The average molecular weight is 240 g/mol. The highest BCUT2D eigenvalue weighted by atomic mass is 16.5. The summed E-state index contributed by atoms with van der Waals surface area (Å²) in [5, 5.41) is 12.0. The Morgan fingerprint density at radius 2 is 1.94 bits per heavy atom. The number of ether oxygens (including phenoxy) is 1. The van der Waals surface area contributed by atoms with Gasteiger partial charge in [0.2, 0.25) is 0 Å². The summed E-state index contributed by atoms with van der Waals surface area (Å²) in [6.07, 6.45) is 7.41. The monoisotopic (exact) mass is 240 g/mol. The Morgan fingerprint density at radius 3 is 2.53 bits per heavy atom. The molecular weight excluding hydrogens is 212 g/mol. The zero-order valence-electron chi connectivity index (χ0n) is 11.7. The first-order valence-corrected chi connectivity index (χ1v) is 6.99. The highest BCUT2D eigenvalue weighted by molar-refractivity contribution is 4.88. The van der Waals surface area contributed by atoms with Gasteiger partial charge in [-0.1, -0.05) is 39.5 Å². The zero-order chi connectivity index (χ0) is 12.9. The number of rotatable bonds is 11. The minimum Gasteiger partial charge on any atom is -0.378 e. The Bertz CT molecular complexity index is 201. The van der Waals surface area contributed by atoms with E-state index in [0.717, 1.165) is 19.4 Å². The molecule has 0 fully saturated rings. The first kappa shape index (κ1) is 16.4. The number of nitrogens with one attached hydrogen (secondary N) is 1. The second kappa shape index (κ2) is 11.9. The molecule has 2 unspecified atom stereocenters. The predicted octanol–water partition coefficient (Wildman–Crippen LogP) is 3.25. The van der Waals surface area contributed by atoms with Crippen molar-refractivity contribution >= 4 is 0 Å². The third kappa shape index (κ3) is 10.3. The molecule has 0 rings (SSSR count). The van der Waals surface area contributed by atoms with Crippen molar-refractivity contribution in [2.45, 2.75) is 71.4 Å². The van der Waals surface area contributed by atoms with E-state index in [1.54, 1.807) is 0 Å². The van der Waals surface area contributed by atoms with E-state index in [9.17, 15) is 0 Å². The lowest BCUT2D eigenvalue weighted by atomic mass is 10.1. The molecule has 100 valence electrons. The van der Waals surface area contributed by atoms with Gasteiger partial charge in [-0.15, -0.1) is 0 Å². The first-order valence-electron chi connectivity index (χ1n) is 6.99. The van der Waals surface area contributed by atoms with Crippen molar-refractivity contribution in [2.24, 2.45) is 0 Å². The van der Waals surface area contributed by atoms with Crippen LogP contribution in [0, 0.1) is 11.3 Å². The maximum absolute atomic E-state index is 8.85. The first-order chi connectivity index (χ1) is 8.24. The van der Waals surface area contributed by atoms with Crippen LogP contribution < -0.4 is 5.32 Å². The summed E-state index contributed by atoms with van der Waals surface area (Å²) in [7, 11) is 0. The van der Waals surface area contributed by atoms with Gasteiger partial charge in [0.1, 0.15) is 0 Å². The molecule has 0 saturated heterocycles. The fourth-order valence-electron chi connectivity index (χ4n) is 1.79. The van der Waals surface area contributed by atoms with Crippen molar-refractivity contribution in [1.29, 1.82) is 5.26 Å². The number of unbranched alkanes of at least 4 members (excludes halogenated alkanes) is 3. The summed E-state index contributed by atoms with van der Waals surface area (Å²) >= 11 is 0. The number of hydrogen-bond acceptors (Lipinski definition) is 3. The smallest absolute Gasteiger partial charge is 0.0974 e. The summed E-state index contributed by atoms with van der Waals surface area (Å²) in [5.41, 5.74) is 0. The lowest BCUT2D eigenvalue weighted by Crippen LogP contribution is -2.29. The molecule has 0 amide bonds.